The molecule has 0 fully saturated rings. The molecule has 1 aromatic heterocycles. The van der Waals surface area contributed by atoms with Crippen molar-refractivity contribution in [3.8, 4) is 17.6 Å². The van der Waals surface area contributed by atoms with Crippen LogP contribution in [-0.2, 0) is 13.2 Å². The minimum absolute atomic E-state index is 0.146. The lowest BCUT2D eigenvalue weighted by Crippen LogP contribution is -2.34. The summed E-state index contributed by atoms with van der Waals surface area (Å²) in [7, 11) is 5.10. The van der Waals surface area contributed by atoms with Gasteiger partial charge in [0.2, 0.25) is 0 Å². The van der Waals surface area contributed by atoms with Gasteiger partial charge in [-0.3, -0.25) is 9.69 Å². The third-order valence-corrected chi connectivity index (χ3v) is 4.41. The van der Waals surface area contributed by atoms with Gasteiger partial charge in [0, 0.05) is 6.54 Å². The van der Waals surface area contributed by atoms with Crippen LogP contribution in [0.15, 0.2) is 16.9 Å². The van der Waals surface area contributed by atoms with Crippen molar-refractivity contribution in [3.05, 3.63) is 50.4 Å². The van der Waals surface area contributed by atoms with Crippen LogP contribution in [0.1, 0.15) is 27.9 Å². The third-order valence-electron chi connectivity index (χ3n) is 4.41. The van der Waals surface area contributed by atoms with Crippen LogP contribution in [0.3, 0.4) is 0 Å². The second-order valence-electron chi connectivity index (χ2n) is 6.29. The Hall–Kier alpha value is -2.85. The second kappa shape index (κ2) is 8.02. The van der Waals surface area contributed by atoms with Crippen LogP contribution in [0.2, 0.25) is 0 Å². The highest BCUT2D eigenvalue weighted by Crippen LogP contribution is 2.30. The van der Waals surface area contributed by atoms with E-state index < -0.39 is 0 Å². The first-order valence-electron chi connectivity index (χ1n) is 8.20. The standard InChI is InChI=1S/C19H24N4O3/c1-12-7-17(25-5)18(26-6)8-15(12)10-22(4)11-23-19(24)16(9-20)13(2)14(3)21-23/h7-8H,10-11H2,1-6H3. The summed E-state index contributed by atoms with van der Waals surface area (Å²) in [5.41, 5.74) is 3.21. The van der Waals surface area contributed by atoms with E-state index in [4.69, 9.17) is 9.47 Å². The molecule has 1 heterocycles. The molecule has 0 aliphatic heterocycles. The fourth-order valence-electron chi connectivity index (χ4n) is 2.76. The van der Waals surface area contributed by atoms with Gasteiger partial charge in [-0.1, -0.05) is 0 Å². The predicted octanol–water partition coefficient (Wildman–Crippen LogP) is 2.15. The van der Waals surface area contributed by atoms with Crippen LogP contribution in [0.25, 0.3) is 0 Å². The normalized spacial score (nSPS) is 10.7. The SMILES string of the molecule is COc1cc(C)c(CN(C)Cn2nc(C)c(C)c(C#N)c2=O)cc1OC. The fourth-order valence-corrected chi connectivity index (χ4v) is 2.76. The number of aromatic nitrogens is 2. The summed E-state index contributed by atoms with van der Waals surface area (Å²) >= 11 is 0. The molecule has 7 nitrogen and oxygen atoms in total. The molecule has 7 heteroatoms. The molecule has 2 aromatic rings. The maximum atomic E-state index is 12.4. The zero-order valence-corrected chi connectivity index (χ0v) is 16.1. The Morgan fingerprint density at radius 2 is 1.81 bits per heavy atom. The summed E-state index contributed by atoms with van der Waals surface area (Å²) in [5.74, 6) is 1.34. The fraction of sp³-hybridized carbons (Fsp3) is 0.421. The summed E-state index contributed by atoms with van der Waals surface area (Å²) in [4.78, 5) is 14.4. The first-order chi connectivity index (χ1) is 12.3. The van der Waals surface area contributed by atoms with Gasteiger partial charge in [-0.25, -0.2) is 4.68 Å². The van der Waals surface area contributed by atoms with Gasteiger partial charge in [0.05, 0.1) is 26.6 Å². The van der Waals surface area contributed by atoms with Crippen LogP contribution in [0.4, 0.5) is 0 Å². The quantitative estimate of drug-likeness (QED) is 0.789. The van der Waals surface area contributed by atoms with Crippen molar-refractivity contribution in [2.75, 3.05) is 21.3 Å². The third kappa shape index (κ3) is 3.86. The number of hydrogen-bond acceptors (Lipinski definition) is 6. The smallest absolute Gasteiger partial charge is 0.286 e. The van der Waals surface area contributed by atoms with Gasteiger partial charge < -0.3 is 9.47 Å². The first-order valence-corrected chi connectivity index (χ1v) is 8.20. The van der Waals surface area contributed by atoms with Crippen LogP contribution >= 0.6 is 0 Å². The molecule has 26 heavy (non-hydrogen) atoms. The molecule has 0 aliphatic carbocycles. The predicted molar refractivity (Wildman–Crippen MR) is 98.4 cm³/mol. The Morgan fingerprint density at radius 3 is 2.38 bits per heavy atom. The lowest BCUT2D eigenvalue weighted by atomic mass is 10.1. The molecule has 0 amide bonds. The summed E-state index contributed by atoms with van der Waals surface area (Å²) in [6.07, 6.45) is 0. The van der Waals surface area contributed by atoms with Crippen LogP contribution in [0, 0.1) is 32.1 Å². The molecule has 0 N–H and O–H groups in total. The first kappa shape index (κ1) is 19.5. The van der Waals surface area contributed by atoms with Crippen molar-refractivity contribution >= 4 is 0 Å². The van der Waals surface area contributed by atoms with E-state index in [1.165, 1.54) is 4.68 Å². The number of methoxy groups -OCH3 is 2. The number of hydrogen-bond donors (Lipinski definition) is 0. The largest absolute Gasteiger partial charge is 0.493 e. The Bertz CT molecular complexity index is 912. The number of benzene rings is 1. The topological polar surface area (TPSA) is 80.4 Å². The van der Waals surface area contributed by atoms with E-state index in [0.29, 0.717) is 29.3 Å². The number of aryl methyl sites for hydroxylation is 2. The van der Waals surface area contributed by atoms with Crippen LogP contribution < -0.4 is 15.0 Å². The molecular formula is C19H24N4O3. The Labute approximate surface area is 153 Å². The average Bonchev–Trinajstić information content (AvgIpc) is 2.61. The molecular weight excluding hydrogens is 332 g/mol. The van der Waals surface area contributed by atoms with E-state index >= 15 is 0 Å². The maximum absolute atomic E-state index is 12.4. The molecule has 0 spiro atoms. The molecule has 0 atom stereocenters. The summed E-state index contributed by atoms with van der Waals surface area (Å²) in [6, 6.07) is 5.84. The van der Waals surface area contributed by atoms with Gasteiger partial charge in [0.25, 0.3) is 5.56 Å². The Balaban J connectivity index is 2.28. The molecule has 2 rings (SSSR count). The van der Waals surface area contributed by atoms with E-state index in [-0.39, 0.29) is 17.8 Å². The zero-order valence-electron chi connectivity index (χ0n) is 16.1. The molecule has 138 valence electrons. The summed E-state index contributed by atoms with van der Waals surface area (Å²) in [6.45, 7) is 6.41. The van der Waals surface area contributed by atoms with Gasteiger partial charge in [-0.05, 0) is 56.6 Å². The van der Waals surface area contributed by atoms with E-state index in [1.54, 1.807) is 28.1 Å². The van der Waals surface area contributed by atoms with Crippen molar-refractivity contribution in [1.82, 2.24) is 14.7 Å². The highest BCUT2D eigenvalue weighted by Gasteiger charge is 2.14. The lowest BCUT2D eigenvalue weighted by molar-refractivity contribution is 0.238. The molecule has 0 bridgehead atoms. The maximum Gasteiger partial charge on any atom is 0.286 e. The van der Waals surface area contributed by atoms with Gasteiger partial charge in [-0.2, -0.15) is 10.4 Å². The minimum atomic E-state index is -0.369. The molecule has 0 saturated heterocycles. The molecule has 0 aliphatic rings. The van der Waals surface area contributed by atoms with E-state index in [0.717, 1.165) is 11.1 Å². The van der Waals surface area contributed by atoms with E-state index in [1.807, 2.05) is 37.1 Å². The second-order valence-corrected chi connectivity index (χ2v) is 6.29. The summed E-state index contributed by atoms with van der Waals surface area (Å²) < 4.78 is 12.0. The lowest BCUT2D eigenvalue weighted by Gasteiger charge is -2.20. The van der Waals surface area contributed by atoms with Crippen LogP contribution in [-0.4, -0.2) is 35.9 Å². The van der Waals surface area contributed by atoms with E-state index in [2.05, 4.69) is 5.10 Å². The van der Waals surface area contributed by atoms with E-state index in [9.17, 15) is 10.1 Å². The van der Waals surface area contributed by atoms with Crippen molar-refractivity contribution in [3.63, 3.8) is 0 Å². The van der Waals surface area contributed by atoms with Crippen LogP contribution in [0.5, 0.6) is 11.5 Å². The van der Waals surface area contributed by atoms with Crippen molar-refractivity contribution in [1.29, 1.82) is 5.26 Å². The highest BCUT2D eigenvalue weighted by atomic mass is 16.5. The molecule has 0 unspecified atom stereocenters. The zero-order chi connectivity index (χ0) is 19.4. The monoisotopic (exact) mass is 356 g/mol. The highest BCUT2D eigenvalue weighted by molar-refractivity contribution is 5.47. The number of rotatable bonds is 6. The average molecular weight is 356 g/mol. The molecule has 1 aromatic carbocycles. The van der Waals surface area contributed by atoms with Crippen molar-refractivity contribution < 1.29 is 9.47 Å². The number of nitriles is 1. The Kier molecular flexibility index (Phi) is 6.01. The summed E-state index contributed by atoms with van der Waals surface area (Å²) in [5, 5.41) is 13.5. The van der Waals surface area contributed by atoms with Gasteiger partial charge in [0.15, 0.2) is 11.5 Å². The van der Waals surface area contributed by atoms with Crippen molar-refractivity contribution in [2.24, 2.45) is 0 Å². The van der Waals surface area contributed by atoms with Gasteiger partial charge in [0.1, 0.15) is 11.6 Å². The molecule has 0 radical (unpaired) electrons. The molecule has 0 saturated carbocycles. The number of ether oxygens (including phenoxy) is 2. The van der Waals surface area contributed by atoms with Gasteiger partial charge in [-0.15, -0.1) is 0 Å². The number of nitrogens with zero attached hydrogens (tertiary/aromatic N) is 4. The minimum Gasteiger partial charge on any atom is -0.493 e. The van der Waals surface area contributed by atoms with Gasteiger partial charge >= 0.3 is 0 Å². The van der Waals surface area contributed by atoms with Crippen molar-refractivity contribution in [2.45, 2.75) is 34.0 Å². The Morgan fingerprint density at radius 1 is 1.19 bits per heavy atom.